The molecular weight excluding hydrogens is 395 g/mol. The highest BCUT2D eigenvalue weighted by molar-refractivity contribution is 6.07. The van der Waals surface area contributed by atoms with E-state index < -0.39 is 0 Å². The predicted molar refractivity (Wildman–Crippen MR) is 119 cm³/mol. The highest BCUT2D eigenvalue weighted by Crippen LogP contribution is 2.24. The third-order valence-corrected chi connectivity index (χ3v) is 4.95. The first-order chi connectivity index (χ1) is 12.6. The van der Waals surface area contributed by atoms with Gasteiger partial charge in [-0.25, -0.2) is 4.98 Å². The molecule has 0 saturated heterocycles. The third kappa shape index (κ3) is 5.19. The fourth-order valence-corrected chi connectivity index (χ4v) is 2.89. The van der Waals surface area contributed by atoms with E-state index in [1.165, 1.54) is 0 Å². The molecular formula is C21H26Cl2N4O. The second kappa shape index (κ2) is 10.4. The Morgan fingerprint density at radius 2 is 1.71 bits per heavy atom. The molecule has 0 saturated carbocycles. The molecule has 0 fully saturated rings. The molecule has 2 aromatic heterocycles. The molecule has 1 aromatic carbocycles. The first-order valence-electron chi connectivity index (χ1n) is 8.93. The number of hydrogen-bond acceptors (Lipinski definition) is 4. The molecule has 0 aliphatic rings. The Bertz CT molecular complexity index is 915. The third-order valence-electron chi connectivity index (χ3n) is 4.95. The molecule has 5 nitrogen and oxygen atoms in total. The Labute approximate surface area is 178 Å². The standard InChI is InChI=1S/C21H24N4O.2ClH/c1-3-21(22,4-2)14-24-20(26)17-13-19(15-9-11-23-12-10-15)25-18-8-6-5-7-16(17)18;;/h5-13H,3-4,14,22H2,1-2H3,(H,24,26);2*1H. The van der Waals surface area contributed by atoms with Gasteiger partial charge in [0.15, 0.2) is 0 Å². The lowest BCUT2D eigenvalue weighted by atomic mass is 9.94. The quantitative estimate of drug-likeness (QED) is 0.619. The molecule has 0 bridgehead atoms. The lowest BCUT2D eigenvalue weighted by Crippen LogP contribution is -2.49. The molecule has 28 heavy (non-hydrogen) atoms. The van der Waals surface area contributed by atoms with Crippen molar-refractivity contribution in [1.82, 2.24) is 15.3 Å². The minimum Gasteiger partial charge on any atom is -0.350 e. The summed E-state index contributed by atoms with van der Waals surface area (Å²) >= 11 is 0. The second-order valence-electron chi connectivity index (χ2n) is 6.56. The Balaban J connectivity index is 0.00000196. The molecule has 3 N–H and O–H groups in total. The van der Waals surface area contributed by atoms with Crippen LogP contribution < -0.4 is 11.1 Å². The maximum atomic E-state index is 12.9. The van der Waals surface area contributed by atoms with E-state index >= 15 is 0 Å². The minimum atomic E-state index is -0.383. The number of aromatic nitrogens is 2. The van der Waals surface area contributed by atoms with Crippen LogP contribution in [0, 0.1) is 0 Å². The smallest absolute Gasteiger partial charge is 0.252 e. The number of fused-ring (bicyclic) bond motifs is 1. The molecule has 150 valence electrons. The summed E-state index contributed by atoms with van der Waals surface area (Å²) in [5.74, 6) is -0.129. The van der Waals surface area contributed by atoms with Crippen molar-refractivity contribution in [2.75, 3.05) is 6.54 Å². The average molecular weight is 421 g/mol. The van der Waals surface area contributed by atoms with Gasteiger partial charge >= 0.3 is 0 Å². The Kier molecular flexibility index (Phi) is 8.82. The van der Waals surface area contributed by atoms with Crippen LogP contribution in [-0.4, -0.2) is 28.0 Å². The van der Waals surface area contributed by atoms with Crippen molar-refractivity contribution >= 4 is 41.6 Å². The number of halogens is 2. The molecule has 0 spiro atoms. The molecule has 0 aliphatic heterocycles. The maximum Gasteiger partial charge on any atom is 0.252 e. The summed E-state index contributed by atoms with van der Waals surface area (Å²) in [4.78, 5) is 21.7. The first-order valence-corrected chi connectivity index (χ1v) is 8.93. The molecule has 1 amide bonds. The first kappa shape index (κ1) is 23.8. The predicted octanol–water partition coefficient (Wildman–Crippen LogP) is 4.39. The Morgan fingerprint density at radius 1 is 1.07 bits per heavy atom. The van der Waals surface area contributed by atoms with Crippen LogP contribution in [0.3, 0.4) is 0 Å². The van der Waals surface area contributed by atoms with Gasteiger partial charge < -0.3 is 11.1 Å². The largest absolute Gasteiger partial charge is 0.350 e. The van der Waals surface area contributed by atoms with E-state index in [1.54, 1.807) is 12.4 Å². The second-order valence-corrected chi connectivity index (χ2v) is 6.56. The van der Waals surface area contributed by atoms with Gasteiger partial charge in [-0.1, -0.05) is 32.0 Å². The maximum absolute atomic E-state index is 12.9. The van der Waals surface area contributed by atoms with Crippen molar-refractivity contribution in [3.8, 4) is 11.3 Å². The van der Waals surface area contributed by atoms with Gasteiger partial charge in [-0.3, -0.25) is 9.78 Å². The SMILES string of the molecule is CCC(N)(CC)CNC(=O)c1cc(-c2ccncc2)nc2ccccc12.Cl.Cl. The van der Waals surface area contributed by atoms with Crippen molar-refractivity contribution in [2.45, 2.75) is 32.2 Å². The van der Waals surface area contributed by atoms with E-state index in [4.69, 9.17) is 10.7 Å². The number of nitrogens with one attached hydrogen (secondary N) is 1. The average Bonchev–Trinajstić information content (AvgIpc) is 2.71. The van der Waals surface area contributed by atoms with Crippen LogP contribution in [0.25, 0.3) is 22.2 Å². The van der Waals surface area contributed by atoms with Crippen LogP contribution in [0.2, 0.25) is 0 Å². The minimum absolute atomic E-state index is 0. The number of nitrogens with zero attached hydrogens (tertiary/aromatic N) is 2. The summed E-state index contributed by atoms with van der Waals surface area (Å²) in [6, 6.07) is 13.3. The summed E-state index contributed by atoms with van der Waals surface area (Å²) in [7, 11) is 0. The van der Waals surface area contributed by atoms with Gasteiger partial charge in [0, 0.05) is 35.4 Å². The number of hydrogen-bond donors (Lipinski definition) is 2. The van der Waals surface area contributed by atoms with Gasteiger partial charge in [0.2, 0.25) is 0 Å². The molecule has 2 heterocycles. The van der Waals surface area contributed by atoms with Gasteiger partial charge in [-0.2, -0.15) is 0 Å². The topological polar surface area (TPSA) is 80.9 Å². The van der Waals surface area contributed by atoms with Gasteiger partial charge in [0.1, 0.15) is 0 Å². The summed E-state index contributed by atoms with van der Waals surface area (Å²) < 4.78 is 0. The van der Waals surface area contributed by atoms with E-state index in [0.717, 1.165) is 35.0 Å². The number of carbonyl (C=O) groups excluding carboxylic acids is 1. The molecule has 0 aliphatic carbocycles. The monoisotopic (exact) mass is 420 g/mol. The Morgan fingerprint density at radius 3 is 2.36 bits per heavy atom. The summed E-state index contributed by atoms with van der Waals surface area (Å²) in [5.41, 5.74) is 9.01. The summed E-state index contributed by atoms with van der Waals surface area (Å²) in [6.07, 6.45) is 5.06. The normalized spacial score (nSPS) is 10.7. The number of amides is 1. The van der Waals surface area contributed by atoms with Gasteiger partial charge in [0.25, 0.3) is 5.91 Å². The number of pyridine rings is 2. The van der Waals surface area contributed by atoms with Crippen molar-refractivity contribution in [3.05, 3.63) is 60.4 Å². The highest BCUT2D eigenvalue weighted by Gasteiger charge is 2.22. The van der Waals surface area contributed by atoms with Crippen LogP contribution in [0.1, 0.15) is 37.0 Å². The summed E-state index contributed by atoms with van der Waals surface area (Å²) in [6.45, 7) is 4.53. The zero-order valence-corrected chi connectivity index (χ0v) is 17.6. The Hall–Kier alpha value is -2.21. The zero-order chi connectivity index (χ0) is 18.6. The van der Waals surface area contributed by atoms with Gasteiger partial charge in [0.05, 0.1) is 16.8 Å². The van der Waals surface area contributed by atoms with Crippen molar-refractivity contribution in [2.24, 2.45) is 5.73 Å². The zero-order valence-electron chi connectivity index (χ0n) is 16.0. The molecule has 7 heteroatoms. The number of carbonyl (C=O) groups is 1. The van der Waals surface area contributed by atoms with E-state index in [2.05, 4.69) is 10.3 Å². The van der Waals surface area contributed by atoms with Crippen molar-refractivity contribution in [3.63, 3.8) is 0 Å². The van der Waals surface area contributed by atoms with Crippen LogP contribution in [0.4, 0.5) is 0 Å². The number of nitrogens with two attached hydrogens (primary N) is 1. The molecule has 3 aromatic rings. The van der Waals surface area contributed by atoms with E-state index in [0.29, 0.717) is 12.1 Å². The van der Waals surface area contributed by atoms with E-state index in [-0.39, 0.29) is 36.3 Å². The van der Waals surface area contributed by atoms with Crippen LogP contribution in [0.5, 0.6) is 0 Å². The lowest BCUT2D eigenvalue weighted by molar-refractivity contribution is 0.0944. The van der Waals surface area contributed by atoms with Crippen LogP contribution >= 0.6 is 24.8 Å². The van der Waals surface area contributed by atoms with Crippen molar-refractivity contribution < 1.29 is 4.79 Å². The van der Waals surface area contributed by atoms with Gasteiger partial charge in [-0.05, 0) is 37.1 Å². The molecule has 3 rings (SSSR count). The summed E-state index contributed by atoms with van der Waals surface area (Å²) in [5, 5.41) is 3.84. The highest BCUT2D eigenvalue weighted by atomic mass is 35.5. The molecule has 0 atom stereocenters. The van der Waals surface area contributed by atoms with Crippen LogP contribution in [-0.2, 0) is 0 Å². The molecule has 0 radical (unpaired) electrons. The van der Waals surface area contributed by atoms with Crippen LogP contribution in [0.15, 0.2) is 54.9 Å². The van der Waals surface area contributed by atoms with E-state index in [9.17, 15) is 4.79 Å². The molecule has 0 unspecified atom stereocenters. The fraction of sp³-hybridized carbons (Fsp3) is 0.286. The number of benzene rings is 1. The number of para-hydroxylation sites is 1. The fourth-order valence-electron chi connectivity index (χ4n) is 2.89. The number of rotatable bonds is 6. The van der Waals surface area contributed by atoms with Gasteiger partial charge in [-0.15, -0.1) is 24.8 Å². The van der Waals surface area contributed by atoms with Crippen molar-refractivity contribution in [1.29, 1.82) is 0 Å². The van der Waals surface area contributed by atoms with E-state index in [1.807, 2.05) is 56.3 Å². The lowest BCUT2D eigenvalue weighted by Gasteiger charge is -2.27.